The number of hydrogen-bond acceptors (Lipinski definition) is 3. The highest BCUT2D eigenvalue weighted by molar-refractivity contribution is 5.41. The van der Waals surface area contributed by atoms with E-state index in [0.717, 1.165) is 12.1 Å². The van der Waals surface area contributed by atoms with Gasteiger partial charge in [0.1, 0.15) is 0 Å². The second kappa shape index (κ2) is 6.49. The lowest BCUT2D eigenvalue weighted by molar-refractivity contribution is 0.166. The van der Waals surface area contributed by atoms with Gasteiger partial charge in [-0.15, -0.1) is 0 Å². The Hall–Kier alpha value is -1.22. The number of phenols is 1. The number of benzene rings is 1. The van der Waals surface area contributed by atoms with Crippen LogP contribution in [-0.4, -0.2) is 17.8 Å². The average Bonchev–Trinajstić information content (AvgIpc) is 2.41. The van der Waals surface area contributed by atoms with Gasteiger partial charge in [0.2, 0.25) is 0 Å². The molecule has 0 heterocycles. The molecule has 0 saturated heterocycles. The first-order chi connectivity index (χ1) is 9.53. The maximum Gasteiger partial charge on any atom is 0.161 e. The monoisotopic (exact) mass is 277 g/mol. The second-order valence-electron chi connectivity index (χ2n) is 6.40. The molecule has 1 aliphatic carbocycles. The topological polar surface area (TPSA) is 41.5 Å². The molecule has 1 aliphatic rings. The van der Waals surface area contributed by atoms with E-state index in [1.807, 2.05) is 19.1 Å². The molecule has 1 fully saturated rings. The summed E-state index contributed by atoms with van der Waals surface area (Å²) in [5.41, 5.74) is 1.53. The summed E-state index contributed by atoms with van der Waals surface area (Å²) in [4.78, 5) is 0. The van der Waals surface area contributed by atoms with E-state index in [0.29, 0.717) is 23.8 Å². The lowest BCUT2D eigenvalue weighted by atomic mass is 9.73. The molecule has 2 N–H and O–H groups in total. The Balaban J connectivity index is 1.98. The van der Waals surface area contributed by atoms with Crippen LogP contribution in [0.4, 0.5) is 0 Å². The third-order valence-corrected chi connectivity index (χ3v) is 4.38. The Kier molecular flexibility index (Phi) is 4.92. The van der Waals surface area contributed by atoms with Gasteiger partial charge in [0.05, 0.1) is 6.61 Å². The Morgan fingerprint density at radius 1 is 1.35 bits per heavy atom. The fourth-order valence-electron chi connectivity index (χ4n) is 3.05. The molecule has 0 radical (unpaired) electrons. The first-order valence-corrected chi connectivity index (χ1v) is 7.71. The molecule has 0 amide bonds. The molecule has 1 aromatic carbocycles. The Labute approximate surface area is 122 Å². The van der Waals surface area contributed by atoms with Crippen molar-refractivity contribution in [1.29, 1.82) is 0 Å². The van der Waals surface area contributed by atoms with Crippen molar-refractivity contribution in [2.24, 2.45) is 5.41 Å². The lowest BCUT2D eigenvalue weighted by Gasteiger charge is -2.39. The zero-order valence-electron chi connectivity index (χ0n) is 12.9. The molecule has 0 bridgehead atoms. The van der Waals surface area contributed by atoms with Gasteiger partial charge in [-0.2, -0.15) is 0 Å². The van der Waals surface area contributed by atoms with Crippen LogP contribution in [0.1, 0.15) is 52.0 Å². The van der Waals surface area contributed by atoms with Gasteiger partial charge in [0.25, 0.3) is 0 Å². The molecule has 3 nitrogen and oxygen atoms in total. The summed E-state index contributed by atoms with van der Waals surface area (Å²) in [5.74, 6) is 0.795. The lowest BCUT2D eigenvalue weighted by Crippen LogP contribution is -2.43. The molecule has 1 unspecified atom stereocenters. The summed E-state index contributed by atoms with van der Waals surface area (Å²) in [7, 11) is 0. The van der Waals surface area contributed by atoms with Gasteiger partial charge < -0.3 is 15.2 Å². The van der Waals surface area contributed by atoms with Crippen molar-refractivity contribution in [2.75, 3.05) is 6.61 Å². The van der Waals surface area contributed by atoms with Gasteiger partial charge in [-0.3, -0.25) is 0 Å². The van der Waals surface area contributed by atoms with Gasteiger partial charge in [-0.1, -0.05) is 32.8 Å². The maximum atomic E-state index is 9.72. The van der Waals surface area contributed by atoms with E-state index in [2.05, 4.69) is 19.2 Å². The van der Waals surface area contributed by atoms with Crippen LogP contribution in [-0.2, 0) is 6.54 Å². The van der Waals surface area contributed by atoms with E-state index >= 15 is 0 Å². The van der Waals surface area contributed by atoms with Crippen LogP contribution in [0.5, 0.6) is 11.5 Å². The standard InChI is InChI=1S/C17H27NO2/c1-4-20-15-11-13(8-9-14(15)19)12-18-16-7-5-6-10-17(16,2)3/h8-9,11,16,18-19H,4-7,10,12H2,1-3H3. The van der Waals surface area contributed by atoms with E-state index in [4.69, 9.17) is 4.74 Å². The van der Waals surface area contributed by atoms with Gasteiger partial charge in [0, 0.05) is 12.6 Å². The molecule has 0 spiro atoms. The molecule has 1 saturated carbocycles. The van der Waals surface area contributed by atoms with Crippen LogP contribution in [0.15, 0.2) is 18.2 Å². The Bertz CT molecular complexity index is 443. The summed E-state index contributed by atoms with van der Waals surface area (Å²) in [6.45, 7) is 8.03. The predicted octanol–water partition coefficient (Wildman–Crippen LogP) is 3.85. The van der Waals surface area contributed by atoms with E-state index in [1.54, 1.807) is 6.07 Å². The molecule has 1 aromatic rings. The van der Waals surface area contributed by atoms with Crippen LogP contribution in [0.3, 0.4) is 0 Å². The quantitative estimate of drug-likeness (QED) is 0.859. The zero-order chi connectivity index (χ0) is 14.6. The summed E-state index contributed by atoms with van der Waals surface area (Å²) < 4.78 is 5.43. The zero-order valence-corrected chi connectivity index (χ0v) is 12.9. The molecule has 1 atom stereocenters. The van der Waals surface area contributed by atoms with Crippen molar-refractivity contribution in [3.63, 3.8) is 0 Å². The molecule has 2 rings (SSSR count). The smallest absolute Gasteiger partial charge is 0.161 e. The minimum Gasteiger partial charge on any atom is -0.504 e. The molecular formula is C17H27NO2. The van der Waals surface area contributed by atoms with E-state index in [-0.39, 0.29) is 5.75 Å². The van der Waals surface area contributed by atoms with Crippen LogP contribution in [0.25, 0.3) is 0 Å². The van der Waals surface area contributed by atoms with Gasteiger partial charge in [-0.25, -0.2) is 0 Å². The SMILES string of the molecule is CCOc1cc(CNC2CCCCC2(C)C)ccc1O. The van der Waals surface area contributed by atoms with Crippen molar-refractivity contribution >= 4 is 0 Å². The summed E-state index contributed by atoms with van der Waals surface area (Å²) in [6, 6.07) is 6.18. The van der Waals surface area contributed by atoms with Crippen molar-refractivity contribution in [1.82, 2.24) is 5.32 Å². The summed E-state index contributed by atoms with van der Waals surface area (Å²) in [5, 5.41) is 13.4. The van der Waals surface area contributed by atoms with Crippen LogP contribution < -0.4 is 10.1 Å². The number of hydrogen-bond donors (Lipinski definition) is 2. The Morgan fingerprint density at radius 3 is 2.85 bits per heavy atom. The minimum absolute atomic E-state index is 0.216. The van der Waals surface area contributed by atoms with Crippen LogP contribution >= 0.6 is 0 Å². The van der Waals surface area contributed by atoms with Crippen molar-refractivity contribution < 1.29 is 9.84 Å². The number of nitrogens with one attached hydrogen (secondary N) is 1. The van der Waals surface area contributed by atoms with E-state index < -0.39 is 0 Å². The van der Waals surface area contributed by atoms with Crippen molar-refractivity contribution in [3.05, 3.63) is 23.8 Å². The maximum absolute atomic E-state index is 9.72. The van der Waals surface area contributed by atoms with Crippen molar-refractivity contribution in [2.45, 2.75) is 59.0 Å². The third-order valence-electron chi connectivity index (χ3n) is 4.38. The Morgan fingerprint density at radius 2 is 2.15 bits per heavy atom. The van der Waals surface area contributed by atoms with Gasteiger partial charge >= 0.3 is 0 Å². The highest BCUT2D eigenvalue weighted by atomic mass is 16.5. The summed E-state index contributed by atoms with van der Waals surface area (Å²) in [6.07, 6.45) is 5.22. The minimum atomic E-state index is 0.216. The van der Waals surface area contributed by atoms with E-state index in [9.17, 15) is 5.11 Å². The average molecular weight is 277 g/mol. The molecule has 0 aliphatic heterocycles. The number of aromatic hydroxyl groups is 1. The van der Waals surface area contributed by atoms with Crippen LogP contribution in [0, 0.1) is 5.41 Å². The molecule has 0 aromatic heterocycles. The largest absolute Gasteiger partial charge is 0.504 e. The highest BCUT2D eigenvalue weighted by Gasteiger charge is 2.31. The first kappa shape index (κ1) is 15.2. The first-order valence-electron chi connectivity index (χ1n) is 7.71. The normalized spacial score (nSPS) is 21.6. The van der Waals surface area contributed by atoms with Crippen molar-refractivity contribution in [3.8, 4) is 11.5 Å². The van der Waals surface area contributed by atoms with Gasteiger partial charge in [-0.05, 0) is 42.9 Å². The predicted molar refractivity (Wildman–Crippen MR) is 82.2 cm³/mol. The fourth-order valence-corrected chi connectivity index (χ4v) is 3.05. The fraction of sp³-hybridized carbons (Fsp3) is 0.647. The second-order valence-corrected chi connectivity index (χ2v) is 6.40. The molecule has 3 heteroatoms. The van der Waals surface area contributed by atoms with Gasteiger partial charge in [0.15, 0.2) is 11.5 Å². The molecule has 112 valence electrons. The molecule has 20 heavy (non-hydrogen) atoms. The summed E-state index contributed by atoms with van der Waals surface area (Å²) >= 11 is 0. The third kappa shape index (κ3) is 3.66. The van der Waals surface area contributed by atoms with Crippen LogP contribution in [0.2, 0.25) is 0 Å². The van der Waals surface area contributed by atoms with E-state index in [1.165, 1.54) is 25.7 Å². The number of ether oxygens (including phenoxy) is 1. The number of phenolic OH excluding ortho intramolecular Hbond substituents is 1. The highest BCUT2D eigenvalue weighted by Crippen LogP contribution is 2.35. The number of rotatable bonds is 5. The molecular weight excluding hydrogens is 250 g/mol.